The molecule has 0 N–H and O–H groups in total. The van der Waals surface area contributed by atoms with E-state index in [1.54, 1.807) is 33.3 Å². The molecule has 0 saturated heterocycles. The van der Waals surface area contributed by atoms with Gasteiger partial charge >= 0.3 is 0 Å². The molecule has 0 aliphatic rings. The highest BCUT2D eigenvalue weighted by atomic mass is 79.9. The van der Waals surface area contributed by atoms with E-state index < -0.39 is 0 Å². The third-order valence-corrected chi connectivity index (χ3v) is 2.74. The molecule has 18 heavy (non-hydrogen) atoms. The van der Waals surface area contributed by atoms with Gasteiger partial charge in [0.05, 0.1) is 7.11 Å². The summed E-state index contributed by atoms with van der Waals surface area (Å²) in [7, 11) is 4.75. The predicted octanol–water partition coefficient (Wildman–Crippen LogP) is 2.45. The molecule has 94 valence electrons. The molecule has 1 amide bonds. The number of amides is 1. The number of nitrogens with zero attached hydrogens (tertiary/aromatic N) is 2. The number of likely N-dealkylation sites (N-methyl/N-ethyl adjacent to an activating group) is 1. The zero-order valence-corrected chi connectivity index (χ0v) is 12.0. The Kier molecular flexibility index (Phi) is 4.93. The third-order valence-electron chi connectivity index (χ3n) is 2.25. The second kappa shape index (κ2) is 6.22. The smallest absolute Gasteiger partial charge is 0.264 e. The van der Waals surface area contributed by atoms with Crippen LogP contribution in [0.5, 0.6) is 5.75 Å². The molecule has 0 atom stereocenters. The van der Waals surface area contributed by atoms with Crippen molar-refractivity contribution in [2.24, 2.45) is 0 Å². The fourth-order valence-electron chi connectivity index (χ4n) is 1.36. The largest absolute Gasteiger partial charge is 0.496 e. The van der Waals surface area contributed by atoms with Gasteiger partial charge < -0.3 is 9.64 Å². The quantitative estimate of drug-likeness (QED) is 0.636. The van der Waals surface area contributed by atoms with Gasteiger partial charge in [0.15, 0.2) is 0 Å². The van der Waals surface area contributed by atoms with Crippen LogP contribution < -0.4 is 4.74 Å². The summed E-state index contributed by atoms with van der Waals surface area (Å²) in [5, 5.41) is 9.02. The van der Waals surface area contributed by atoms with Crippen LogP contribution in [0.3, 0.4) is 0 Å². The van der Waals surface area contributed by atoms with Gasteiger partial charge in [-0.25, -0.2) is 0 Å². The summed E-state index contributed by atoms with van der Waals surface area (Å²) in [4.78, 5) is 13.1. The lowest BCUT2D eigenvalue weighted by Gasteiger charge is -2.10. The summed E-state index contributed by atoms with van der Waals surface area (Å²) >= 11 is 3.34. The van der Waals surface area contributed by atoms with Gasteiger partial charge in [-0.3, -0.25) is 4.79 Å². The maximum absolute atomic E-state index is 11.7. The number of rotatable bonds is 3. The number of carbonyl (C=O) groups excluding carboxylic acids is 1. The summed E-state index contributed by atoms with van der Waals surface area (Å²) < 4.78 is 6.04. The highest BCUT2D eigenvalue weighted by Crippen LogP contribution is 2.25. The molecule has 0 bridgehead atoms. The average molecular weight is 309 g/mol. The van der Waals surface area contributed by atoms with E-state index in [1.807, 2.05) is 12.1 Å². The molecule has 0 aliphatic carbocycles. The van der Waals surface area contributed by atoms with Gasteiger partial charge in [0.2, 0.25) is 0 Å². The number of methoxy groups -OCH3 is 1. The first kappa shape index (κ1) is 14.3. The minimum Gasteiger partial charge on any atom is -0.496 e. The second-order valence-electron chi connectivity index (χ2n) is 3.76. The van der Waals surface area contributed by atoms with Crippen LogP contribution in [-0.2, 0) is 4.79 Å². The summed E-state index contributed by atoms with van der Waals surface area (Å²) in [6, 6.07) is 7.29. The molecular weight excluding hydrogens is 296 g/mol. The standard InChI is InChI=1S/C13H13BrN2O2/c1-16(2)13(17)10(8-15)6-9-7-11(14)4-5-12(9)18-3/h4-7H,1-3H3/b10-6+. The molecule has 4 nitrogen and oxygen atoms in total. The molecule has 1 aromatic rings. The molecule has 5 heteroatoms. The van der Waals surface area contributed by atoms with Gasteiger partial charge in [0, 0.05) is 24.1 Å². The van der Waals surface area contributed by atoms with Crippen molar-refractivity contribution in [3.8, 4) is 11.8 Å². The summed E-state index contributed by atoms with van der Waals surface area (Å²) in [6.07, 6.45) is 1.52. The first-order chi connectivity index (χ1) is 8.49. The van der Waals surface area contributed by atoms with Crippen molar-refractivity contribution in [1.82, 2.24) is 4.90 Å². The Morgan fingerprint density at radius 3 is 2.67 bits per heavy atom. The highest BCUT2D eigenvalue weighted by Gasteiger charge is 2.12. The van der Waals surface area contributed by atoms with Crippen molar-refractivity contribution in [3.63, 3.8) is 0 Å². The SMILES string of the molecule is COc1ccc(Br)cc1/C=C(\C#N)C(=O)N(C)C. The first-order valence-corrected chi connectivity index (χ1v) is 5.96. The van der Waals surface area contributed by atoms with Crippen molar-refractivity contribution in [1.29, 1.82) is 5.26 Å². The van der Waals surface area contributed by atoms with Crippen molar-refractivity contribution in [3.05, 3.63) is 33.8 Å². The first-order valence-electron chi connectivity index (χ1n) is 5.16. The number of halogens is 1. The van der Waals surface area contributed by atoms with Crippen molar-refractivity contribution in [2.75, 3.05) is 21.2 Å². The zero-order chi connectivity index (χ0) is 13.7. The summed E-state index contributed by atoms with van der Waals surface area (Å²) in [5.41, 5.74) is 0.745. The van der Waals surface area contributed by atoms with E-state index in [2.05, 4.69) is 15.9 Å². The summed E-state index contributed by atoms with van der Waals surface area (Å²) in [5.74, 6) is 0.275. The molecule has 0 spiro atoms. The third kappa shape index (κ3) is 3.34. The topological polar surface area (TPSA) is 53.3 Å². The van der Waals surface area contributed by atoms with E-state index in [1.165, 1.54) is 11.0 Å². The fraction of sp³-hybridized carbons (Fsp3) is 0.231. The van der Waals surface area contributed by atoms with Crippen LogP contribution >= 0.6 is 15.9 Å². The van der Waals surface area contributed by atoms with Gasteiger partial charge in [-0.15, -0.1) is 0 Å². The molecule has 0 fully saturated rings. The number of carbonyl (C=O) groups is 1. The maximum Gasteiger partial charge on any atom is 0.264 e. The van der Waals surface area contributed by atoms with Gasteiger partial charge in [0.1, 0.15) is 17.4 Å². The van der Waals surface area contributed by atoms with Crippen molar-refractivity contribution in [2.45, 2.75) is 0 Å². The monoisotopic (exact) mass is 308 g/mol. The Bertz CT molecular complexity index is 530. The van der Waals surface area contributed by atoms with Crippen LogP contribution in [0, 0.1) is 11.3 Å². The fourth-order valence-corrected chi connectivity index (χ4v) is 1.74. The predicted molar refractivity (Wildman–Crippen MR) is 73.0 cm³/mol. The molecule has 0 radical (unpaired) electrons. The molecule has 0 aliphatic heterocycles. The number of benzene rings is 1. The van der Waals surface area contributed by atoms with E-state index in [4.69, 9.17) is 10.00 Å². The Morgan fingerprint density at radius 1 is 1.50 bits per heavy atom. The maximum atomic E-state index is 11.7. The minimum atomic E-state index is -0.334. The minimum absolute atomic E-state index is 0.0661. The highest BCUT2D eigenvalue weighted by molar-refractivity contribution is 9.10. The van der Waals surface area contributed by atoms with Crippen molar-refractivity contribution >= 4 is 27.9 Å². The van der Waals surface area contributed by atoms with E-state index in [-0.39, 0.29) is 11.5 Å². The Morgan fingerprint density at radius 2 is 2.17 bits per heavy atom. The Balaban J connectivity index is 3.25. The van der Waals surface area contributed by atoms with E-state index in [9.17, 15) is 4.79 Å². The molecule has 0 unspecified atom stereocenters. The molecule has 0 saturated carbocycles. The van der Waals surface area contributed by atoms with E-state index in [0.29, 0.717) is 11.3 Å². The second-order valence-corrected chi connectivity index (χ2v) is 4.67. The van der Waals surface area contributed by atoms with Crippen molar-refractivity contribution < 1.29 is 9.53 Å². The van der Waals surface area contributed by atoms with Crippen LogP contribution in [0.15, 0.2) is 28.2 Å². The molecule has 0 aromatic heterocycles. The van der Waals surface area contributed by atoms with Crippen LogP contribution in [-0.4, -0.2) is 32.0 Å². The Labute approximate surface area is 115 Å². The van der Waals surface area contributed by atoms with Gasteiger partial charge in [-0.2, -0.15) is 5.26 Å². The Hall–Kier alpha value is -1.80. The molecule has 1 aromatic carbocycles. The average Bonchev–Trinajstić information content (AvgIpc) is 2.35. The molecule has 0 heterocycles. The lowest BCUT2D eigenvalue weighted by molar-refractivity contribution is -0.124. The van der Waals surface area contributed by atoms with Crippen LogP contribution in [0.2, 0.25) is 0 Å². The zero-order valence-electron chi connectivity index (χ0n) is 10.4. The van der Waals surface area contributed by atoms with E-state index >= 15 is 0 Å². The van der Waals surface area contributed by atoms with Crippen LogP contribution in [0.4, 0.5) is 0 Å². The lowest BCUT2D eigenvalue weighted by atomic mass is 10.1. The number of hydrogen-bond acceptors (Lipinski definition) is 3. The number of ether oxygens (including phenoxy) is 1. The number of nitriles is 1. The van der Waals surface area contributed by atoms with Gasteiger partial charge in [-0.1, -0.05) is 15.9 Å². The lowest BCUT2D eigenvalue weighted by Crippen LogP contribution is -2.22. The normalized spacial score (nSPS) is 10.7. The summed E-state index contributed by atoms with van der Waals surface area (Å²) in [6.45, 7) is 0. The van der Waals surface area contributed by atoms with Gasteiger partial charge in [-0.05, 0) is 24.3 Å². The molecular formula is C13H13BrN2O2. The molecule has 1 rings (SSSR count). The van der Waals surface area contributed by atoms with Crippen LogP contribution in [0.1, 0.15) is 5.56 Å². The van der Waals surface area contributed by atoms with E-state index in [0.717, 1.165) is 4.47 Å². The number of hydrogen-bond donors (Lipinski definition) is 0. The van der Waals surface area contributed by atoms with Crippen LogP contribution in [0.25, 0.3) is 6.08 Å². The van der Waals surface area contributed by atoms with Gasteiger partial charge in [0.25, 0.3) is 5.91 Å².